The number of benzene rings is 4. The maximum Gasteiger partial charge on any atom is 0.336 e. The highest BCUT2D eigenvalue weighted by atomic mass is 32.2. The summed E-state index contributed by atoms with van der Waals surface area (Å²) >= 11 is 5.41. The van der Waals surface area contributed by atoms with E-state index in [-0.39, 0.29) is 44.6 Å². The van der Waals surface area contributed by atoms with Gasteiger partial charge in [0.05, 0.1) is 28.9 Å². The van der Waals surface area contributed by atoms with Gasteiger partial charge in [-0.05, 0) is 78.4 Å². The molecule has 0 saturated heterocycles. The van der Waals surface area contributed by atoms with Crippen molar-refractivity contribution in [2.24, 2.45) is 5.14 Å². The van der Waals surface area contributed by atoms with E-state index in [9.17, 15) is 28.2 Å². The number of primary sulfonamides is 1. The lowest BCUT2D eigenvalue weighted by atomic mass is 9.90. The van der Waals surface area contributed by atoms with Crippen LogP contribution in [0, 0.1) is 0 Å². The molecule has 15 heteroatoms. The number of nitrogens with one attached hydrogen (secondary N) is 2. The van der Waals surface area contributed by atoms with Gasteiger partial charge < -0.3 is 25.3 Å². The third kappa shape index (κ3) is 6.08. The summed E-state index contributed by atoms with van der Waals surface area (Å²) in [5, 5.41) is 40.2. The molecule has 45 heavy (non-hydrogen) atoms. The fraction of sp³-hybridized carbons (Fsp3) is 0.0333. The second-order valence-corrected chi connectivity index (χ2v) is 11.9. The Kier molecular flexibility index (Phi) is 7.49. The average Bonchev–Trinajstić information content (AvgIpc) is 3.47. The standard InChI is InChI=1S/C30H22N6O7S2/c31-45(41,42)21-6-2-18(3-7-21)36-15-17(34-35-36)14-32-30(44)33-16-1-8-22(25(11-16)29(39)40)28-23-9-4-19(37)12-26(23)43-27-13-20(38)5-10-24(27)28/h1-13,15,37H,14H2,(H,39,40)(H2,31,41,42)(H2,32,33,44). The molecule has 4 aromatic rings. The molecule has 0 spiro atoms. The minimum atomic E-state index is -3.82. The summed E-state index contributed by atoms with van der Waals surface area (Å²) in [5.74, 6) is -0.991. The van der Waals surface area contributed by atoms with Crippen molar-refractivity contribution in [2.45, 2.75) is 11.4 Å². The van der Waals surface area contributed by atoms with Crippen molar-refractivity contribution in [3.05, 3.63) is 107 Å². The Balaban J connectivity index is 1.23. The minimum absolute atomic E-state index is 0.0251. The molecule has 1 aromatic heterocycles. The topological polar surface area (TPSA) is 203 Å². The number of phenolic OH excluding ortho intramolecular Hbond substituents is 1. The monoisotopic (exact) mass is 642 g/mol. The predicted molar refractivity (Wildman–Crippen MR) is 169 cm³/mol. The van der Waals surface area contributed by atoms with Crippen LogP contribution in [0.5, 0.6) is 5.75 Å². The quantitative estimate of drug-likeness (QED) is 0.125. The molecule has 1 aliphatic carbocycles. The van der Waals surface area contributed by atoms with E-state index in [1.165, 1.54) is 47.1 Å². The molecule has 0 bridgehead atoms. The normalized spacial score (nSPS) is 11.5. The smallest absolute Gasteiger partial charge is 0.336 e. The van der Waals surface area contributed by atoms with E-state index in [4.69, 9.17) is 21.8 Å². The van der Waals surface area contributed by atoms with Gasteiger partial charge in [0.1, 0.15) is 22.8 Å². The Morgan fingerprint density at radius 1 is 1.00 bits per heavy atom. The molecule has 0 radical (unpaired) electrons. The number of fused-ring (bicyclic) bond motifs is 2. The SMILES string of the molecule is NS(=O)(=O)c1ccc(-n2cc(CNC(=S)Nc3ccc(-c4c5ccc(=O)cc-5oc5cc(O)ccc45)c(C(=O)O)c3)nn2)cc1. The molecule has 6 N–H and O–H groups in total. The summed E-state index contributed by atoms with van der Waals surface area (Å²) in [6, 6.07) is 19.3. The van der Waals surface area contributed by atoms with Gasteiger partial charge >= 0.3 is 5.97 Å². The van der Waals surface area contributed by atoms with Crippen LogP contribution in [0.2, 0.25) is 0 Å². The summed E-state index contributed by atoms with van der Waals surface area (Å²) in [7, 11) is -3.82. The van der Waals surface area contributed by atoms with E-state index in [2.05, 4.69) is 20.9 Å². The highest BCUT2D eigenvalue weighted by Gasteiger charge is 2.22. The maximum atomic E-state index is 12.5. The predicted octanol–water partition coefficient (Wildman–Crippen LogP) is 3.68. The van der Waals surface area contributed by atoms with Crippen LogP contribution in [0.3, 0.4) is 0 Å². The molecule has 0 fully saturated rings. The highest BCUT2D eigenvalue weighted by Crippen LogP contribution is 2.42. The van der Waals surface area contributed by atoms with E-state index in [0.29, 0.717) is 39.1 Å². The van der Waals surface area contributed by atoms with Crippen molar-refractivity contribution in [3.63, 3.8) is 0 Å². The number of hydrogen-bond acceptors (Lipinski definition) is 9. The summed E-state index contributed by atoms with van der Waals surface area (Å²) in [4.78, 5) is 24.5. The first-order chi connectivity index (χ1) is 21.5. The van der Waals surface area contributed by atoms with Crippen molar-refractivity contribution >= 4 is 50.0 Å². The number of nitrogens with two attached hydrogens (primary N) is 1. The first-order valence-electron chi connectivity index (χ1n) is 13.1. The van der Waals surface area contributed by atoms with Crippen LogP contribution in [0.4, 0.5) is 5.69 Å². The van der Waals surface area contributed by atoms with Crippen LogP contribution in [-0.2, 0) is 16.6 Å². The van der Waals surface area contributed by atoms with Crippen molar-refractivity contribution in [1.29, 1.82) is 0 Å². The number of sulfonamides is 1. The van der Waals surface area contributed by atoms with E-state index < -0.39 is 16.0 Å². The van der Waals surface area contributed by atoms with Crippen molar-refractivity contribution in [1.82, 2.24) is 20.3 Å². The summed E-state index contributed by atoms with van der Waals surface area (Å²) in [6.45, 7) is 0.186. The highest BCUT2D eigenvalue weighted by molar-refractivity contribution is 7.89. The second kappa shape index (κ2) is 11.5. The number of aromatic carboxylic acids is 1. The molecule has 0 unspecified atom stereocenters. The molecule has 0 saturated carbocycles. The van der Waals surface area contributed by atoms with Gasteiger partial charge in [-0.25, -0.2) is 23.0 Å². The number of carboxylic acid groups (broad SMARTS) is 1. The van der Waals surface area contributed by atoms with Crippen molar-refractivity contribution < 1.29 is 27.8 Å². The molecule has 2 heterocycles. The van der Waals surface area contributed by atoms with E-state index in [1.54, 1.807) is 42.6 Å². The summed E-state index contributed by atoms with van der Waals surface area (Å²) in [6.07, 6.45) is 1.63. The number of hydrogen-bond donors (Lipinski definition) is 5. The third-order valence-electron chi connectivity index (χ3n) is 6.85. The number of carboxylic acids is 1. The van der Waals surface area contributed by atoms with Gasteiger partial charge in [0, 0.05) is 34.3 Å². The Hall–Kier alpha value is -5.64. The van der Waals surface area contributed by atoms with E-state index in [0.717, 1.165) is 0 Å². The van der Waals surface area contributed by atoms with Crippen LogP contribution in [-0.4, -0.2) is 44.7 Å². The number of aromatic nitrogens is 3. The molecule has 226 valence electrons. The van der Waals surface area contributed by atoms with Gasteiger partial charge in [-0.1, -0.05) is 11.3 Å². The number of thiocarbonyl (C=S) groups is 1. The van der Waals surface area contributed by atoms with Gasteiger partial charge in [0.2, 0.25) is 10.0 Å². The van der Waals surface area contributed by atoms with E-state index >= 15 is 0 Å². The number of carbonyl (C=O) groups is 1. The van der Waals surface area contributed by atoms with Crippen molar-refractivity contribution in [2.75, 3.05) is 5.32 Å². The van der Waals surface area contributed by atoms with Gasteiger partial charge in [-0.15, -0.1) is 5.10 Å². The first kappa shape index (κ1) is 29.4. The largest absolute Gasteiger partial charge is 0.508 e. The molecule has 0 amide bonds. The fourth-order valence-corrected chi connectivity index (χ4v) is 5.51. The Bertz CT molecular complexity index is 2260. The van der Waals surface area contributed by atoms with Crippen LogP contribution in [0.25, 0.3) is 39.1 Å². The number of nitrogens with zero attached hydrogens (tertiary/aromatic N) is 3. The lowest BCUT2D eigenvalue weighted by molar-refractivity contribution is 0.0697. The summed E-state index contributed by atoms with van der Waals surface area (Å²) < 4.78 is 30.3. The van der Waals surface area contributed by atoms with Gasteiger partial charge in [0.15, 0.2) is 10.5 Å². The lowest BCUT2D eigenvalue weighted by Gasteiger charge is -2.18. The molecule has 0 atom stereocenters. The Labute approximate surface area is 259 Å². The lowest BCUT2D eigenvalue weighted by Crippen LogP contribution is -2.28. The third-order valence-corrected chi connectivity index (χ3v) is 8.03. The number of anilines is 1. The number of rotatable bonds is 7. The molecular formula is C30H22N6O7S2. The molecular weight excluding hydrogens is 620 g/mol. The molecule has 1 aliphatic heterocycles. The molecule has 13 nitrogen and oxygen atoms in total. The van der Waals surface area contributed by atoms with Crippen LogP contribution in [0.1, 0.15) is 16.1 Å². The molecule has 3 aromatic carbocycles. The Morgan fingerprint density at radius 2 is 1.76 bits per heavy atom. The first-order valence-corrected chi connectivity index (χ1v) is 15.1. The number of aromatic hydroxyl groups is 1. The van der Waals surface area contributed by atoms with Gasteiger partial charge in [-0.3, -0.25) is 4.79 Å². The van der Waals surface area contributed by atoms with Crippen LogP contribution >= 0.6 is 12.2 Å². The van der Waals surface area contributed by atoms with E-state index in [1.807, 2.05) is 0 Å². The summed E-state index contributed by atoms with van der Waals surface area (Å²) in [5.41, 5.74) is 2.89. The fourth-order valence-electron chi connectivity index (χ4n) is 4.81. The number of phenols is 1. The van der Waals surface area contributed by atoms with Crippen LogP contribution in [0.15, 0.2) is 99.2 Å². The van der Waals surface area contributed by atoms with Gasteiger partial charge in [-0.2, -0.15) is 0 Å². The molecule has 6 rings (SSSR count). The zero-order valence-corrected chi connectivity index (χ0v) is 24.6. The Morgan fingerprint density at radius 3 is 2.49 bits per heavy atom. The zero-order valence-electron chi connectivity index (χ0n) is 23.0. The average molecular weight is 643 g/mol. The van der Waals surface area contributed by atoms with Gasteiger partial charge in [0.25, 0.3) is 0 Å². The molecule has 2 aliphatic rings. The second-order valence-electron chi connectivity index (χ2n) is 9.88. The minimum Gasteiger partial charge on any atom is -0.508 e. The van der Waals surface area contributed by atoms with Crippen LogP contribution < -0.4 is 21.2 Å². The maximum absolute atomic E-state index is 12.5. The van der Waals surface area contributed by atoms with Crippen molar-refractivity contribution in [3.8, 4) is 33.9 Å². The zero-order chi connectivity index (χ0) is 31.9.